The largest absolute Gasteiger partial charge is 0.380 e. The van der Waals surface area contributed by atoms with Gasteiger partial charge in [0.1, 0.15) is 5.03 Å². The first kappa shape index (κ1) is 10.6. The summed E-state index contributed by atoms with van der Waals surface area (Å²) in [4.78, 5) is 9.72. The molecule has 0 bridgehead atoms. The van der Waals surface area contributed by atoms with Crippen LogP contribution in [-0.2, 0) is 11.3 Å². The second kappa shape index (κ2) is 4.35. The van der Waals surface area contributed by atoms with E-state index in [1.165, 1.54) is 0 Å². The summed E-state index contributed by atoms with van der Waals surface area (Å²) in [5, 5.41) is 4.21. The number of hydrogen-bond acceptors (Lipinski definition) is 5. The maximum Gasteiger partial charge on any atom is 0.163 e. The molecule has 1 N–H and O–H groups in total. The summed E-state index contributed by atoms with van der Waals surface area (Å²) in [6.07, 6.45) is 3.40. The van der Waals surface area contributed by atoms with Gasteiger partial charge in [-0.25, -0.2) is 9.97 Å². The van der Waals surface area contributed by atoms with Crippen LogP contribution in [0.5, 0.6) is 0 Å². The van der Waals surface area contributed by atoms with E-state index in [1.54, 1.807) is 31.3 Å². The van der Waals surface area contributed by atoms with E-state index in [1.807, 2.05) is 0 Å². The van der Waals surface area contributed by atoms with E-state index >= 15 is 0 Å². The van der Waals surface area contributed by atoms with Gasteiger partial charge < -0.3 is 10.1 Å². The Kier molecular flexibility index (Phi) is 2.70. The first-order valence-corrected chi connectivity index (χ1v) is 6.06. The van der Waals surface area contributed by atoms with Crippen molar-refractivity contribution in [2.45, 2.75) is 16.5 Å². The fourth-order valence-electron chi connectivity index (χ4n) is 1.74. The Labute approximate surface area is 103 Å². The Morgan fingerprint density at radius 3 is 3.06 bits per heavy atom. The van der Waals surface area contributed by atoms with Crippen LogP contribution in [-0.4, -0.2) is 17.1 Å². The van der Waals surface area contributed by atoms with Gasteiger partial charge in [0.25, 0.3) is 0 Å². The zero-order chi connectivity index (χ0) is 11.7. The van der Waals surface area contributed by atoms with Gasteiger partial charge in [-0.05, 0) is 17.7 Å². The highest BCUT2D eigenvalue weighted by atomic mass is 32.2. The third kappa shape index (κ3) is 1.99. The smallest absolute Gasteiger partial charge is 0.163 e. The molecule has 0 saturated heterocycles. The molecule has 1 aromatic carbocycles. The highest BCUT2D eigenvalue weighted by Crippen LogP contribution is 2.41. The van der Waals surface area contributed by atoms with Gasteiger partial charge in [0, 0.05) is 24.4 Å². The molecule has 5 heteroatoms. The Morgan fingerprint density at radius 2 is 2.18 bits per heavy atom. The molecule has 0 atom stereocenters. The molecule has 0 radical (unpaired) electrons. The topological polar surface area (TPSA) is 47.0 Å². The summed E-state index contributed by atoms with van der Waals surface area (Å²) in [5.41, 5.74) is 2.21. The number of fused-ring (bicyclic) bond motifs is 2. The van der Waals surface area contributed by atoms with Crippen molar-refractivity contribution in [1.82, 2.24) is 9.97 Å². The monoisotopic (exact) mass is 245 g/mol. The summed E-state index contributed by atoms with van der Waals surface area (Å²) in [7, 11) is 1.70. The SMILES string of the molecule is COCc1ccc2c(c1)Nc1nccnc1S2. The molecule has 0 fully saturated rings. The van der Waals surface area contributed by atoms with Crippen molar-refractivity contribution in [3.05, 3.63) is 36.2 Å². The lowest BCUT2D eigenvalue weighted by Gasteiger charge is -2.19. The zero-order valence-corrected chi connectivity index (χ0v) is 10.1. The van der Waals surface area contributed by atoms with Crippen LogP contribution >= 0.6 is 11.8 Å². The molecule has 1 aliphatic heterocycles. The van der Waals surface area contributed by atoms with E-state index in [4.69, 9.17) is 4.74 Å². The molecule has 0 aliphatic carbocycles. The van der Waals surface area contributed by atoms with Crippen molar-refractivity contribution in [3.63, 3.8) is 0 Å². The average molecular weight is 245 g/mol. The fourth-order valence-corrected chi connectivity index (χ4v) is 2.62. The highest BCUT2D eigenvalue weighted by Gasteiger charge is 2.17. The van der Waals surface area contributed by atoms with E-state index in [2.05, 4.69) is 33.5 Å². The van der Waals surface area contributed by atoms with Crippen LogP contribution in [0.2, 0.25) is 0 Å². The minimum absolute atomic E-state index is 0.618. The summed E-state index contributed by atoms with van der Waals surface area (Å²) >= 11 is 1.63. The molecule has 0 amide bonds. The molecular formula is C12H11N3OS. The number of nitrogens with zero attached hydrogens (tertiary/aromatic N) is 2. The molecule has 2 aromatic rings. The van der Waals surface area contributed by atoms with Crippen molar-refractivity contribution in [1.29, 1.82) is 0 Å². The minimum atomic E-state index is 0.618. The number of ether oxygens (including phenoxy) is 1. The molecule has 1 aromatic heterocycles. The van der Waals surface area contributed by atoms with Crippen molar-refractivity contribution in [3.8, 4) is 0 Å². The van der Waals surface area contributed by atoms with Gasteiger partial charge in [-0.15, -0.1) is 0 Å². The maximum atomic E-state index is 5.13. The third-order valence-electron chi connectivity index (χ3n) is 2.48. The van der Waals surface area contributed by atoms with E-state index in [0.717, 1.165) is 27.0 Å². The van der Waals surface area contributed by atoms with Gasteiger partial charge in [0.2, 0.25) is 0 Å². The van der Waals surface area contributed by atoms with Crippen LogP contribution in [0.1, 0.15) is 5.56 Å². The fraction of sp³-hybridized carbons (Fsp3) is 0.167. The van der Waals surface area contributed by atoms with E-state index in [0.29, 0.717) is 6.61 Å². The second-order valence-corrected chi connectivity index (χ2v) is 4.73. The molecule has 3 rings (SSSR count). The number of nitrogens with one attached hydrogen (secondary N) is 1. The number of benzene rings is 1. The Balaban J connectivity index is 1.97. The van der Waals surface area contributed by atoms with Gasteiger partial charge in [-0.3, -0.25) is 0 Å². The number of aromatic nitrogens is 2. The van der Waals surface area contributed by atoms with Gasteiger partial charge in [0.05, 0.1) is 12.3 Å². The van der Waals surface area contributed by atoms with E-state index in [9.17, 15) is 0 Å². The summed E-state index contributed by atoms with van der Waals surface area (Å²) < 4.78 is 5.13. The number of anilines is 2. The number of methoxy groups -OCH3 is 1. The molecule has 86 valence electrons. The lowest BCUT2D eigenvalue weighted by molar-refractivity contribution is 0.185. The first-order valence-electron chi connectivity index (χ1n) is 5.24. The van der Waals surface area contributed by atoms with Crippen molar-refractivity contribution >= 4 is 23.3 Å². The molecule has 17 heavy (non-hydrogen) atoms. The van der Waals surface area contributed by atoms with E-state index in [-0.39, 0.29) is 0 Å². The van der Waals surface area contributed by atoms with Gasteiger partial charge in [-0.1, -0.05) is 17.8 Å². The number of rotatable bonds is 2. The van der Waals surface area contributed by atoms with Gasteiger partial charge in [-0.2, -0.15) is 0 Å². The van der Waals surface area contributed by atoms with Crippen molar-refractivity contribution in [2.75, 3.05) is 12.4 Å². The van der Waals surface area contributed by atoms with Crippen LogP contribution in [0.3, 0.4) is 0 Å². The van der Waals surface area contributed by atoms with Crippen molar-refractivity contribution < 1.29 is 4.74 Å². The summed E-state index contributed by atoms with van der Waals surface area (Å²) in [6, 6.07) is 6.24. The zero-order valence-electron chi connectivity index (χ0n) is 9.30. The van der Waals surface area contributed by atoms with Crippen molar-refractivity contribution in [2.24, 2.45) is 0 Å². The third-order valence-corrected chi connectivity index (χ3v) is 3.55. The maximum absolute atomic E-state index is 5.13. The summed E-state index contributed by atoms with van der Waals surface area (Å²) in [6.45, 7) is 0.618. The predicted octanol–water partition coefficient (Wildman–Crippen LogP) is 2.83. The molecule has 2 heterocycles. The summed E-state index contributed by atoms with van der Waals surface area (Å²) in [5.74, 6) is 0.819. The average Bonchev–Trinajstić information content (AvgIpc) is 2.36. The standard InChI is InChI=1S/C12H11N3OS/c1-16-7-8-2-3-10-9(6-8)15-11-12(17-10)14-5-4-13-11/h2-6H,7H2,1H3,(H,13,15). The Hall–Kier alpha value is -1.59. The van der Waals surface area contributed by atoms with Crippen LogP contribution < -0.4 is 5.32 Å². The first-order chi connectivity index (χ1) is 8.36. The number of hydrogen-bond donors (Lipinski definition) is 1. The quantitative estimate of drug-likeness (QED) is 0.752. The Bertz CT molecular complexity index is 559. The van der Waals surface area contributed by atoms with E-state index < -0.39 is 0 Å². The lowest BCUT2D eigenvalue weighted by Crippen LogP contribution is -2.04. The molecule has 0 saturated carbocycles. The molecule has 1 aliphatic rings. The molecule has 0 spiro atoms. The Morgan fingerprint density at radius 1 is 1.29 bits per heavy atom. The lowest BCUT2D eigenvalue weighted by atomic mass is 10.2. The minimum Gasteiger partial charge on any atom is -0.380 e. The molecular weight excluding hydrogens is 234 g/mol. The molecule has 0 unspecified atom stereocenters. The van der Waals surface area contributed by atoms with Crippen LogP contribution in [0.25, 0.3) is 0 Å². The van der Waals surface area contributed by atoms with Gasteiger partial charge >= 0.3 is 0 Å². The normalized spacial score (nSPS) is 12.5. The highest BCUT2D eigenvalue weighted by molar-refractivity contribution is 7.99. The van der Waals surface area contributed by atoms with Crippen LogP contribution in [0, 0.1) is 0 Å². The predicted molar refractivity (Wildman–Crippen MR) is 66.6 cm³/mol. The van der Waals surface area contributed by atoms with Gasteiger partial charge in [0.15, 0.2) is 5.82 Å². The van der Waals surface area contributed by atoms with Crippen LogP contribution in [0.15, 0.2) is 40.5 Å². The van der Waals surface area contributed by atoms with Crippen LogP contribution in [0.4, 0.5) is 11.5 Å². The molecule has 4 nitrogen and oxygen atoms in total. The second-order valence-electron chi connectivity index (χ2n) is 3.70.